The zero-order valence-electron chi connectivity index (χ0n) is 16.9. The van der Waals surface area contributed by atoms with Crippen molar-refractivity contribution in [2.45, 2.75) is 39.0 Å². The summed E-state index contributed by atoms with van der Waals surface area (Å²) in [5.41, 5.74) is 0.546. The van der Waals surface area contributed by atoms with Gasteiger partial charge in [-0.05, 0) is 39.3 Å². The SMILES string of the molecule is COC(=O)c1cc(-c2cccc(CCOC(=O)C(C)(C)C)c2S(=O)(=O)Cl)sc1C. The fourth-order valence-electron chi connectivity index (χ4n) is 2.66. The lowest BCUT2D eigenvalue weighted by Gasteiger charge is -2.17. The maximum absolute atomic E-state index is 12.4. The summed E-state index contributed by atoms with van der Waals surface area (Å²) >= 11 is 1.27. The molecule has 0 radical (unpaired) electrons. The van der Waals surface area contributed by atoms with Crippen LogP contribution in [0.1, 0.15) is 41.6 Å². The Kier molecular flexibility index (Phi) is 7.14. The molecule has 2 aromatic rings. The molecule has 158 valence electrons. The average Bonchev–Trinajstić information content (AvgIpc) is 3.00. The Hall–Kier alpha value is -1.90. The monoisotopic (exact) mass is 458 g/mol. The summed E-state index contributed by atoms with van der Waals surface area (Å²) in [6.07, 6.45) is 0.186. The fraction of sp³-hybridized carbons (Fsp3) is 0.400. The molecule has 1 aromatic heterocycles. The number of ether oxygens (including phenoxy) is 2. The Bertz CT molecular complexity index is 1030. The number of esters is 2. The molecule has 0 saturated heterocycles. The Morgan fingerprint density at radius 3 is 2.41 bits per heavy atom. The Morgan fingerprint density at radius 1 is 1.21 bits per heavy atom. The Morgan fingerprint density at radius 2 is 1.86 bits per heavy atom. The van der Waals surface area contributed by atoms with Crippen molar-refractivity contribution in [1.29, 1.82) is 0 Å². The normalized spacial score (nSPS) is 11.9. The second-order valence-corrected chi connectivity index (χ2v) is 11.2. The van der Waals surface area contributed by atoms with Gasteiger partial charge < -0.3 is 9.47 Å². The molecule has 0 N–H and O–H groups in total. The van der Waals surface area contributed by atoms with Gasteiger partial charge >= 0.3 is 11.9 Å². The fourth-order valence-corrected chi connectivity index (χ4v) is 5.24. The highest BCUT2D eigenvalue weighted by Gasteiger charge is 2.26. The van der Waals surface area contributed by atoms with Gasteiger partial charge in [-0.3, -0.25) is 4.79 Å². The first kappa shape index (κ1) is 23.4. The molecule has 0 aliphatic carbocycles. The van der Waals surface area contributed by atoms with Crippen LogP contribution in [0.15, 0.2) is 29.2 Å². The van der Waals surface area contributed by atoms with Crippen molar-refractivity contribution in [1.82, 2.24) is 0 Å². The van der Waals surface area contributed by atoms with Gasteiger partial charge in [0.15, 0.2) is 0 Å². The van der Waals surface area contributed by atoms with Gasteiger partial charge in [0, 0.05) is 32.4 Å². The molecule has 0 atom stereocenters. The summed E-state index contributed by atoms with van der Waals surface area (Å²) < 4.78 is 34.7. The second kappa shape index (κ2) is 8.85. The van der Waals surface area contributed by atoms with Crippen LogP contribution >= 0.6 is 22.0 Å². The maximum atomic E-state index is 12.4. The van der Waals surface area contributed by atoms with E-state index >= 15 is 0 Å². The minimum atomic E-state index is -4.10. The molecule has 9 heteroatoms. The molecular weight excluding hydrogens is 436 g/mol. The zero-order chi connectivity index (χ0) is 22.0. The van der Waals surface area contributed by atoms with Gasteiger partial charge in [-0.1, -0.05) is 18.2 Å². The van der Waals surface area contributed by atoms with Crippen LogP contribution in [-0.4, -0.2) is 34.1 Å². The number of methoxy groups -OCH3 is 1. The Labute approximate surface area is 179 Å². The van der Waals surface area contributed by atoms with Crippen molar-refractivity contribution in [2.75, 3.05) is 13.7 Å². The predicted octanol–water partition coefficient (Wildman–Crippen LogP) is 4.57. The largest absolute Gasteiger partial charge is 0.465 e. The van der Waals surface area contributed by atoms with E-state index in [1.165, 1.54) is 18.4 Å². The maximum Gasteiger partial charge on any atom is 0.338 e. The standard InChI is InChI=1S/C20H23ClO6S2/c1-12-15(18(22)26-5)11-16(28-12)14-8-6-7-13(17(14)29(21,24)25)9-10-27-19(23)20(2,3)4/h6-8,11H,9-10H2,1-5H3. The van der Waals surface area contributed by atoms with Gasteiger partial charge in [-0.25, -0.2) is 13.2 Å². The van der Waals surface area contributed by atoms with Crippen LogP contribution < -0.4 is 0 Å². The van der Waals surface area contributed by atoms with E-state index in [1.807, 2.05) is 0 Å². The molecule has 0 aliphatic rings. The van der Waals surface area contributed by atoms with Crippen LogP contribution in [0.3, 0.4) is 0 Å². The Balaban J connectivity index is 2.44. The molecule has 0 bridgehead atoms. The highest BCUT2D eigenvalue weighted by Crippen LogP contribution is 2.38. The molecule has 1 aromatic carbocycles. The van der Waals surface area contributed by atoms with Crippen molar-refractivity contribution >= 4 is 43.0 Å². The van der Waals surface area contributed by atoms with Crippen molar-refractivity contribution in [3.63, 3.8) is 0 Å². The van der Waals surface area contributed by atoms with Crippen molar-refractivity contribution in [2.24, 2.45) is 5.41 Å². The number of halogens is 1. The van der Waals surface area contributed by atoms with E-state index < -0.39 is 20.4 Å². The molecule has 29 heavy (non-hydrogen) atoms. The summed E-state index contributed by atoms with van der Waals surface area (Å²) in [6, 6.07) is 6.56. The summed E-state index contributed by atoms with van der Waals surface area (Å²) in [4.78, 5) is 25.1. The topological polar surface area (TPSA) is 86.7 Å². The van der Waals surface area contributed by atoms with Gasteiger partial charge in [-0.2, -0.15) is 0 Å². The third-order valence-electron chi connectivity index (χ3n) is 4.15. The molecule has 6 nitrogen and oxygen atoms in total. The highest BCUT2D eigenvalue weighted by molar-refractivity contribution is 8.13. The zero-order valence-corrected chi connectivity index (χ0v) is 19.3. The number of hydrogen-bond donors (Lipinski definition) is 0. The van der Waals surface area contributed by atoms with Gasteiger partial charge in [0.2, 0.25) is 0 Å². The summed E-state index contributed by atoms with van der Waals surface area (Å²) in [5.74, 6) is -0.869. The van der Waals surface area contributed by atoms with Crippen molar-refractivity contribution in [3.8, 4) is 10.4 Å². The van der Waals surface area contributed by atoms with Crippen LogP contribution in [0, 0.1) is 12.3 Å². The van der Waals surface area contributed by atoms with E-state index in [2.05, 4.69) is 0 Å². The number of benzene rings is 1. The minimum absolute atomic E-state index is 0.0237. The van der Waals surface area contributed by atoms with E-state index in [-0.39, 0.29) is 23.9 Å². The number of rotatable bonds is 6. The lowest BCUT2D eigenvalue weighted by atomic mass is 9.97. The quantitative estimate of drug-likeness (QED) is 0.465. The van der Waals surface area contributed by atoms with Gasteiger partial charge in [0.25, 0.3) is 9.05 Å². The summed E-state index contributed by atoms with van der Waals surface area (Å²) in [6.45, 7) is 6.99. The van der Waals surface area contributed by atoms with E-state index in [9.17, 15) is 18.0 Å². The van der Waals surface area contributed by atoms with Crippen molar-refractivity contribution < 1.29 is 27.5 Å². The van der Waals surface area contributed by atoms with E-state index in [1.54, 1.807) is 52.0 Å². The first-order valence-electron chi connectivity index (χ1n) is 8.79. The molecule has 0 saturated carbocycles. The van der Waals surface area contributed by atoms with E-state index in [0.29, 0.717) is 26.4 Å². The lowest BCUT2D eigenvalue weighted by molar-refractivity contribution is -0.152. The summed E-state index contributed by atoms with van der Waals surface area (Å²) in [7, 11) is 2.93. The van der Waals surface area contributed by atoms with Crippen molar-refractivity contribution in [3.05, 3.63) is 40.3 Å². The molecule has 0 spiro atoms. The minimum Gasteiger partial charge on any atom is -0.465 e. The molecular formula is C20H23ClO6S2. The molecule has 1 heterocycles. The number of carbonyl (C=O) groups is 2. The van der Waals surface area contributed by atoms with Crippen LogP contribution in [0.4, 0.5) is 0 Å². The predicted molar refractivity (Wildman–Crippen MR) is 113 cm³/mol. The molecule has 0 amide bonds. The van der Waals surface area contributed by atoms with E-state index in [0.717, 1.165) is 0 Å². The molecule has 0 fully saturated rings. The highest BCUT2D eigenvalue weighted by atomic mass is 35.7. The van der Waals surface area contributed by atoms with Gasteiger partial charge in [0.05, 0.1) is 29.6 Å². The average molecular weight is 459 g/mol. The van der Waals surface area contributed by atoms with Crippen LogP contribution in [0.5, 0.6) is 0 Å². The van der Waals surface area contributed by atoms with Gasteiger partial charge in [0.1, 0.15) is 0 Å². The first-order valence-corrected chi connectivity index (χ1v) is 11.9. The molecule has 2 rings (SSSR count). The first-order chi connectivity index (χ1) is 13.4. The van der Waals surface area contributed by atoms with E-state index in [4.69, 9.17) is 20.2 Å². The van der Waals surface area contributed by atoms with Gasteiger partial charge in [-0.15, -0.1) is 11.3 Å². The third kappa shape index (κ3) is 5.58. The number of aryl methyl sites for hydroxylation is 1. The molecule has 0 unspecified atom stereocenters. The molecule has 0 aliphatic heterocycles. The summed E-state index contributed by atoms with van der Waals surface area (Å²) in [5, 5.41) is 0. The van der Waals surface area contributed by atoms with Crippen LogP contribution in [-0.2, 0) is 29.7 Å². The van der Waals surface area contributed by atoms with Crippen LogP contribution in [0.25, 0.3) is 10.4 Å². The number of hydrogen-bond acceptors (Lipinski definition) is 7. The smallest absolute Gasteiger partial charge is 0.338 e. The second-order valence-electron chi connectivity index (χ2n) is 7.44. The lowest BCUT2D eigenvalue weighted by Crippen LogP contribution is -2.24. The third-order valence-corrected chi connectivity index (χ3v) is 6.66. The number of carbonyl (C=O) groups excluding carboxylic acids is 2. The number of thiophene rings is 1. The van der Waals surface area contributed by atoms with Crippen LogP contribution in [0.2, 0.25) is 0 Å².